The van der Waals surface area contributed by atoms with Crippen LogP contribution < -0.4 is 15.2 Å². The molecule has 2 fully saturated rings. The smallest absolute Gasteiger partial charge is 0.240 e. The van der Waals surface area contributed by atoms with Crippen LogP contribution in [0, 0.1) is 0 Å². The highest BCUT2D eigenvalue weighted by molar-refractivity contribution is 7.89. The number of benzene rings is 1. The lowest BCUT2D eigenvalue weighted by molar-refractivity contribution is 0.144. The van der Waals surface area contributed by atoms with Gasteiger partial charge in [0.05, 0.1) is 4.90 Å². The van der Waals surface area contributed by atoms with Crippen molar-refractivity contribution in [3.05, 3.63) is 24.3 Å². The van der Waals surface area contributed by atoms with E-state index in [0.717, 1.165) is 38.5 Å². The number of hydrogen-bond acceptors (Lipinski definition) is 4. The summed E-state index contributed by atoms with van der Waals surface area (Å²) in [5.41, 5.74) is 5.94. The molecule has 2 saturated carbocycles. The van der Waals surface area contributed by atoms with Crippen LogP contribution in [0.4, 0.5) is 0 Å². The van der Waals surface area contributed by atoms with Crippen molar-refractivity contribution in [1.29, 1.82) is 0 Å². The van der Waals surface area contributed by atoms with Gasteiger partial charge >= 0.3 is 0 Å². The van der Waals surface area contributed by atoms with Crippen LogP contribution in [0.15, 0.2) is 29.2 Å². The molecule has 1 aromatic rings. The molecule has 2 unspecified atom stereocenters. The van der Waals surface area contributed by atoms with Crippen molar-refractivity contribution in [2.75, 3.05) is 0 Å². The Labute approximate surface area is 125 Å². The minimum absolute atomic E-state index is 0.120. The molecule has 0 aromatic heterocycles. The highest BCUT2D eigenvalue weighted by Crippen LogP contribution is 2.25. The van der Waals surface area contributed by atoms with Crippen LogP contribution in [0.3, 0.4) is 0 Å². The Morgan fingerprint density at radius 1 is 1.10 bits per heavy atom. The van der Waals surface area contributed by atoms with E-state index in [1.807, 2.05) is 0 Å². The molecule has 0 radical (unpaired) electrons. The van der Waals surface area contributed by atoms with Crippen LogP contribution in [-0.2, 0) is 10.0 Å². The molecule has 0 heterocycles. The van der Waals surface area contributed by atoms with Crippen molar-refractivity contribution in [2.45, 2.75) is 61.6 Å². The van der Waals surface area contributed by atoms with Crippen molar-refractivity contribution in [3.63, 3.8) is 0 Å². The zero-order valence-electron chi connectivity index (χ0n) is 12.0. The molecule has 21 heavy (non-hydrogen) atoms. The van der Waals surface area contributed by atoms with Gasteiger partial charge in [-0.25, -0.2) is 13.1 Å². The van der Waals surface area contributed by atoms with Crippen LogP contribution in [0.1, 0.15) is 38.5 Å². The Morgan fingerprint density at radius 2 is 1.81 bits per heavy atom. The summed E-state index contributed by atoms with van der Waals surface area (Å²) in [4.78, 5) is 0.294. The standard InChI is InChI=1S/C15H22N2O3S/c16-11-2-1-3-14(10-11)20-13-6-8-15(9-7-13)21(18,19)17-12-4-5-12/h6-9,11-12,14,17H,1-5,10,16H2. The fraction of sp³-hybridized carbons (Fsp3) is 0.600. The zero-order chi connectivity index (χ0) is 14.9. The fourth-order valence-corrected chi connectivity index (χ4v) is 3.97. The maximum atomic E-state index is 12.1. The van der Waals surface area contributed by atoms with Crippen LogP contribution >= 0.6 is 0 Å². The number of rotatable bonds is 5. The summed E-state index contributed by atoms with van der Waals surface area (Å²) in [6, 6.07) is 6.98. The second-order valence-electron chi connectivity index (χ2n) is 6.03. The second kappa shape index (κ2) is 5.94. The molecule has 3 N–H and O–H groups in total. The van der Waals surface area contributed by atoms with E-state index in [0.29, 0.717) is 10.6 Å². The van der Waals surface area contributed by atoms with E-state index >= 15 is 0 Å². The van der Waals surface area contributed by atoms with Gasteiger partial charge in [-0.05, 0) is 62.8 Å². The quantitative estimate of drug-likeness (QED) is 0.868. The Kier molecular flexibility index (Phi) is 4.19. The van der Waals surface area contributed by atoms with Crippen LogP contribution in [-0.4, -0.2) is 26.6 Å². The van der Waals surface area contributed by atoms with Crippen molar-refractivity contribution in [3.8, 4) is 5.75 Å². The molecule has 5 nitrogen and oxygen atoms in total. The average Bonchev–Trinajstić information content (AvgIpc) is 3.23. The molecule has 1 aromatic carbocycles. The Hall–Kier alpha value is -1.11. The van der Waals surface area contributed by atoms with Crippen LogP contribution in [0.25, 0.3) is 0 Å². The minimum Gasteiger partial charge on any atom is -0.490 e. The van der Waals surface area contributed by atoms with E-state index in [-0.39, 0.29) is 18.2 Å². The molecule has 0 spiro atoms. The predicted molar refractivity (Wildman–Crippen MR) is 80.6 cm³/mol. The number of nitrogens with two attached hydrogens (primary N) is 1. The minimum atomic E-state index is -3.38. The Balaban J connectivity index is 1.63. The number of nitrogens with one attached hydrogen (secondary N) is 1. The third-order valence-corrected chi connectivity index (χ3v) is 5.54. The predicted octanol–water partition coefficient (Wildman–Crippen LogP) is 1.78. The lowest BCUT2D eigenvalue weighted by Crippen LogP contribution is -2.33. The van der Waals surface area contributed by atoms with Gasteiger partial charge < -0.3 is 10.5 Å². The lowest BCUT2D eigenvalue weighted by atomic mass is 9.93. The first kappa shape index (κ1) is 14.8. The van der Waals surface area contributed by atoms with Gasteiger partial charge in [0.25, 0.3) is 0 Å². The molecule has 3 rings (SSSR count). The first-order chi connectivity index (χ1) is 10.0. The van der Waals surface area contributed by atoms with Crippen LogP contribution in [0.5, 0.6) is 5.75 Å². The first-order valence-electron chi connectivity index (χ1n) is 7.57. The van der Waals surface area contributed by atoms with Gasteiger partial charge in [-0.1, -0.05) is 0 Å². The zero-order valence-corrected chi connectivity index (χ0v) is 12.8. The normalized spacial score (nSPS) is 26.5. The van der Waals surface area contributed by atoms with Gasteiger partial charge in [0, 0.05) is 12.1 Å². The van der Waals surface area contributed by atoms with Gasteiger partial charge in [0.2, 0.25) is 10.0 Å². The summed E-state index contributed by atoms with van der Waals surface area (Å²) >= 11 is 0. The molecule has 6 heteroatoms. The monoisotopic (exact) mass is 310 g/mol. The summed E-state index contributed by atoms with van der Waals surface area (Å²) < 4.78 is 32.7. The molecule has 0 amide bonds. The highest BCUT2D eigenvalue weighted by Gasteiger charge is 2.28. The van der Waals surface area contributed by atoms with Crippen molar-refractivity contribution >= 4 is 10.0 Å². The van der Waals surface area contributed by atoms with Gasteiger partial charge in [-0.2, -0.15) is 0 Å². The van der Waals surface area contributed by atoms with Crippen molar-refractivity contribution < 1.29 is 13.2 Å². The largest absolute Gasteiger partial charge is 0.490 e. The molecule has 2 atom stereocenters. The highest BCUT2D eigenvalue weighted by atomic mass is 32.2. The summed E-state index contributed by atoms with van der Waals surface area (Å²) in [6.07, 6.45) is 6.03. The van der Waals surface area contributed by atoms with E-state index in [1.165, 1.54) is 0 Å². The lowest BCUT2D eigenvalue weighted by Gasteiger charge is -2.27. The maximum absolute atomic E-state index is 12.1. The van der Waals surface area contributed by atoms with E-state index < -0.39 is 10.0 Å². The molecule has 116 valence electrons. The molecule has 0 saturated heterocycles. The number of ether oxygens (including phenoxy) is 1. The molecule has 2 aliphatic carbocycles. The molecular formula is C15H22N2O3S. The molecular weight excluding hydrogens is 288 g/mol. The van der Waals surface area contributed by atoms with Gasteiger partial charge in [-0.15, -0.1) is 0 Å². The Bertz CT molecular complexity index is 581. The first-order valence-corrected chi connectivity index (χ1v) is 9.06. The Morgan fingerprint density at radius 3 is 2.43 bits per heavy atom. The number of hydrogen-bond donors (Lipinski definition) is 2. The van der Waals surface area contributed by atoms with Crippen LogP contribution in [0.2, 0.25) is 0 Å². The summed E-state index contributed by atoms with van der Waals surface area (Å²) in [7, 11) is -3.38. The SMILES string of the molecule is NC1CCCC(Oc2ccc(S(=O)(=O)NC3CC3)cc2)C1. The summed E-state index contributed by atoms with van der Waals surface area (Å²) in [5, 5.41) is 0. The van der Waals surface area contributed by atoms with Gasteiger partial charge in [0.15, 0.2) is 0 Å². The van der Waals surface area contributed by atoms with E-state index in [4.69, 9.17) is 10.5 Å². The van der Waals surface area contributed by atoms with Crippen molar-refractivity contribution in [1.82, 2.24) is 4.72 Å². The fourth-order valence-electron chi connectivity index (χ4n) is 2.67. The van der Waals surface area contributed by atoms with E-state index in [1.54, 1.807) is 24.3 Å². The average molecular weight is 310 g/mol. The second-order valence-corrected chi connectivity index (χ2v) is 7.75. The maximum Gasteiger partial charge on any atom is 0.240 e. The van der Waals surface area contributed by atoms with Crippen molar-refractivity contribution in [2.24, 2.45) is 5.73 Å². The topological polar surface area (TPSA) is 81.4 Å². The third kappa shape index (κ3) is 3.96. The molecule has 0 bridgehead atoms. The number of sulfonamides is 1. The summed E-state index contributed by atoms with van der Waals surface area (Å²) in [5.74, 6) is 0.708. The molecule has 2 aliphatic rings. The van der Waals surface area contributed by atoms with E-state index in [2.05, 4.69) is 4.72 Å². The summed E-state index contributed by atoms with van der Waals surface area (Å²) in [6.45, 7) is 0. The molecule has 0 aliphatic heterocycles. The third-order valence-electron chi connectivity index (χ3n) is 4.00. The van der Waals surface area contributed by atoms with E-state index in [9.17, 15) is 8.42 Å². The van der Waals surface area contributed by atoms with Gasteiger partial charge in [-0.3, -0.25) is 0 Å². The van der Waals surface area contributed by atoms with Gasteiger partial charge in [0.1, 0.15) is 11.9 Å².